The maximum atomic E-state index is 12.9. The predicted octanol–water partition coefficient (Wildman–Crippen LogP) is 1.21. The number of rotatable bonds is 4. The molecule has 0 N–H and O–H groups in total. The average molecular weight is 401 g/mol. The van der Waals surface area contributed by atoms with Crippen LogP contribution in [0.2, 0.25) is 0 Å². The Labute approximate surface area is 172 Å². The zero-order chi connectivity index (χ0) is 20.3. The molecule has 10 nitrogen and oxygen atoms in total. The highest BCUT2D eigenvalue weighted by Gasteiger charge is 2.25. The normalized spacial score (nSPS) is 14.1. The Morgan fingerprint density at radius 2 is 1.70 bits per heavy atom. The third-order valence-corrected chi connectivity index (χ3v) is 4.97. The van der Waals surface area contributed by atoms with Gasteiger partial charge in [0.2, 0.25) is 0 Å². The Morgan fingerprint density at radius 1 is 0.900 bits per heavy atom. The molecule has 0 saturated carbocycles. The van der Waals surface area contributed by atoms with E-state index in [9.17, 15) is 4.79 Å². The molecule has 1 amide bonds. The number of para-hydroxylation sites is 1. The number of hydrogen-bond acceptors (Lipinski definition) is 7. The van der Waals surface area contributed by atoms with Crippen LogP contribution in [0.3, 0.4) is 0 Å². The van der Waals surface area contributed by atoms with Crippen molar-refractivity contribution in [2.75, 3.05) is 31.1 Å². The van der Waals surface area contributed by atoms with Crippen molar-refractivity contribution in [2.45, 2.75) is 0 Å². The van der Waals surface area contributed by atoms with Crippen molar-refractivity contribution in [1.29, 1.82) is 0 Å². The Morgan fingerprint density at radius 3 is 2.47 bits per heavy atom. The number of amides is 1. The number of aromatic nitrogens is 7. The summed E-state index contributed by atoms with van der Waals surface area (Å²) in [4.78, 5) is 26.9. The first-order valence-electron chi connectivity index (χ1n) is 9.62. The molecular weight excluding hydrogens is 382 g/mol. The van der Waals surface area contributed by atoms with E-state index in [2.05, 4.69) is 30.2 Å². The predicted molar refractivity (Wildman–Crippen MR) is 109 cm³/mol. The van der Waals surface area contributed by atoms with E-state index in [1.807, 2.05) is 48.7 Å². The van der Waals surface area contributed by atoms with Crippen molar-refractivity contribution >= 4 is 11.7 Å². The molecule has 1 fully saturated rings. The van der Waals surface area contributed by atoms with E-state index in [4.69, 9.17) is 0 Å². The van der Waals surface area contributed by atoms with Gasteiger partial charge in [-0.2, -0.15) is 15.0 Å². The van der Waals surface area contributed by atoms with Gasteiger partial charge in [0.05, 0.1) is 11.9 Å². The standard InChI is InChI=1S/C20H19N9O/c30-20(17-14-24-29(25-17)16-5-2-1-3-6-16)27-11-9-26(10-12-27)18-13-19(22-15-21-18)28-8-4-7-23-28/h1-8,13-15H,9-12H2. The van der Waals surface area contributed by atoms with E-state index in [0.717, 1.165) is 11.5 Å². The smallest absolute Gasteiger partial charge is 0.276 e. The number of carbonyl (C=O) groups excluding carboxylic acids is 1. The molecule has 1 aliphatic heterocycles. The molecule has 4 aromatic rings. The summed E-state index contributed by atoms with van der Waals surface area (Å²) in [7, 11) is 0. The Hall–Kier alpha value is -4.08. The molecule has 0 aliphatic carbocycles. The number of benzene rings is 1. The second-order valence-corrected chi connectivity index (χ2v) is 6.82. The van der Waals surface area contributed by atoms with Gasteiger partial charge in [0.25, 0.3) is 5.91 Å². The highest BCUT2D eigenvalue weighted by atomic mass is 16.2. The molecule has 1 aromatic carbocycles. The summed E-state index contributed by atoms with van der Waals surface area (Å²) >= 11 is 0. The first-order valence-corrected chi connectivity index (χ1v) is 9.62. The molecule has 150 valence electrons. The van der Waals surface area contributed by atoms with Gasteiger partial charge in [-0.25, -0.2) is 14.6 Å². The number of hydrogen-bond donors (Lipinski definition) is 0. The van der Waals surface area contributed by atoms with Crippen LogP contribution >= 0.6 is 0 Å². The molecule has 3 aromatic heterocycles. The summed E-state index contributed by atoms with van der Waals surface area (Å²) in [6.07, 6.45) is 6.60. The molecule has 0 bridgehead atoms. The molecule has 1 saturated heterocycles. The van der Waals surface area contributed by atoms with E-state index in [0.29, 0.717) is 37.7 Å². The first kappa shape index (κ1) is 18.0. The SMILES string of the molecule is O=C(c1cnn(-c2ccccc2)n1)N1CCN(c2cc(-n3cccn3)ncn2)CC1. The van der Waals surface area contributed by atoms with E-state index in [1.165, 1.54) is 17.3 Å². The molecule has 0 radical (unpaired) electrons. The number of carbonyl (C=O) groups is 1. The van der Waals surface area contributed by atoms with Crippen molar-refractivity contribution in [3.63, 3.8) is 0 Å². The maximum Gasteiger partial charge on any atom is 0.276 e. The van der Waals surface area contributed by atoms with Gasteiger partial charge >= 0.3 is 0 Å². The highest BCUT2D eigenvalue weighted by molar-refractivity contribution is 5.92. The van der Waals surface area contributed by atoms with E-state index in [-0.39, 0.29) is 5.91 Å². The van der Waals surface area contributed by atoms with Crippen molar-refractivity contribution in [1.82, 2.24) is 39.6 Å². The first-order chi connectivity index (χ1) is 14.8. The summed E-state index contributed by atoms with van der Waals surface area (Å²) in [5.41, 5.74) is 1.16. The van der Waals surface area contributed by atoms with Gasteiger partial charge < -0.3 is 9.80 Å². The summed E-state index contributed by atoms with van der Waals surface area (Å²) in [5, 5.41) is 12.8. The van der Waals surface area contributed by atoms with Crippen molar-refractivity contribution in [3.8, 4) is 11.5 Å². The van der Waals surface area contributed by atoms with Gasteiger partial charge in [0.15, 0.2) is 11.5 Å². The van der Waals surface area contributed by atoms with Gasteiger partial charge in [-0.05, 0) is 18.2 Å². The minimum absolute atomic E-state index is 0.114. The highest BCUT2D eigenvalue weighted by Crippen LogP contribution is 2.16. The van der Waals surface area contributed by atoms with Crippen LogP contribution in [0.25, 0.3) is 11.5 Å². The second kappa shape index (κ2) is 7.74. The van der Waals surface area contributed by atoms with Gasteiger partial charge in [-0.3, -0.25) is 4.79 Å². The zero-order valence-electron chi connectivity index (χ0n) is 16.1. The van der Waals surface area contributed by atoms with Gasteiger partial charge in [-0.1, -0.05) is 18.2 Å². The van der Waals surface area contributed by atoms with Crippen molar-refractivity contribution in [3.05, 3.63) is 73.1 Å². The minimum Gasteiger partial charge on any atom is -0.353 e. The monoisotopic (exact) mass is 401 g/mol. The van der Waals surface area contributed by atoms with Crippen LogP contribution < -0.4 is 4.90 Å². The largest absolute Gasteiger partial charge is 0.353 e. The van der Waals surface area contributed by atoms with Crippen LogP contribution in [-0.2, 0) is 0 Å². The zero-order valence-corrected chi connectivity index (χ0v) is 16.1. The number of piperazine rings is 1. The van der Waals surface area contributed by atoms with Gasteiger partial charge in [-0.15, -0.1) is 5.10 Å². The summed E-state index contributed by atoms with van der Waals surface area (Å²) in [5.74, 6) is 1.41. The van der Waals surface area contributed by atoms with Gasteiger partial charge in [0.1, 0.15) is 12.1 Å². The molecular formula is C20H19N9O. The van der Waals surface area contributed by atoms with E-state index >= 15 is 0 Å². The molecule has 5 rings (SSSR count). The molecule has 1 aliphatic rings. The van der Waals surface area contributed by atoms with Crippen LogP contribution in [0.15, 0.2) is 67.4 Å². The summed E-state index contributed by atoms with van der Waals surface area (Å²) in [6.45, 7) is 2.51. The average Bonchev–Trinajstić information content (AvgIpc) is 3.52. The summed E-state index contributed by atoms with van der Waals surface area (Å²) in [6, 6.07) is 13.3. The quantitative estimate of drug-likeness (QED) is 0.507. The third-order valence-electron chi connectivity index (χ3n) is 4.97. The fourth-order valence-corrected chi connectivity index (χ4v) is 3.39. The fourth-order valence-electron chi connectivity index (χ4n) is 3.39. The Kier molecular flexibility index (Phi) is 4.64. The lowest BCUT2D eigenvalue weighted by atomic mass is 10.3. The second-order valence-electron chi connectivity index (χ2n) is 6.82. The molecule has 30 heavy (non-hydrogen) atoms. The maximum absolute atomic E-state index is 12.9. The van der Waals surface area contributed by atoms with Crippen LogP contribution in [0, 0.1) is 0 Å². The van der Waals surface area contributed by atoms with Crippen molar-refractivity contribution in [2.24, 2.45) is 0 Å². The molecule has 4 heterocycles. The molecule has 0 spiro atoms. The number of nitrogens with zero attached hydrogens (tertiary/aromatic N) is 9. The Balaban J connectivity index is 1.25. The van der Waals surface area contributed by atoms with E-state index < -0.39 is 0 Å². The molecule has 0 unspecified atom stereocenters. The van der Waals surface area contributed by atoms with E-state index in [1.54, 1.807) is 15.8 Å². The Bertz CT molecular complexity index is 1130. The third kappa shape index (κ3) is 3.50. The summed E-state index contributed by atoms with van der Waals surface area (Å²) < 4.78 is 1.70. The lowest BCUT2D eigenvalue weighted by Crippen LogP contribution is -2.49. The fraction of sp³-hybridized carbons (Fsp3) is 0.200. The lowest BCUT2D eigenvalue weighted by Gasteiger charge is -2.35. The van der Waals surface area contributed by atoms with Crippen LogP contribution in [0.1, 0.15) is 10.5 Å². The van der Waals surface area contributed by atoms with Crippen LogP contribution in [0.5, 0.6) is 0 Å². The number of anilines is 1. The lowest BCUT2D eigenvalue weighted by molar-refractivity contribution is 0.0740. The van der Waals surface area contributed by atoms with Crippen molar-refractivity contribution < 1.29 is 4.79 Å². The van der Waals surface area contributed by atoms with Gasteiger partial charge in [0, 0.05) is 44.6 Å². The minimum atomic E-state index is -0.114. The molecule has 10 heteroatoms. The van der Waals surface area contributed by atoms with Crippen LogP contribution in [-0.4, -0.2) is 71.7 Å². The molecule has 0 atom stereocenters. The van der Waals surface area contributed by atoms with Crippen LogP contribution in [0.4, 0.5) is 5.82 Å². The topological polar surface area (TPSA) is 97.9 Å².